The van der Waals surface area contributed by atoms with Gasteiger partial charge in [0.05, 0.1) is 24.8 Å². The lowest BCUT2D eigenvalue weighted by atomic mass is 10.1. The minimum atomic E-state index is -3.54. The lowest BCUT2D eigenvalue weighted by Crippen LogP contribution is -2.35. The lowest BCUT2D eigenvalue weighted by molar-refractivity contribution is -0.116. The second-order valence-corrected chi connectivity index (χ2v) is 9.12. The molecule has 7 nitrogen and oxygen atoms in total. The van der Waals surface area contributed by atoms with Gasteiger partial charge in [-0.05, 0) is 55.2 Å². The number of ether oxygens (including phenoxy) is 2. The summed E-state index contributed by atoms with van der Waals surface area (Å²) >= 11 is 0. The zero-order chi connectivity index (χ0) is 21.6. The summed E-state index contributed by atoms with van der Waals surface area (Å²) in [7, 11) is -0.465. The molecule has 8 heteroatoms. The average molecular weight is 433 g/mol. The normalized spacial score (nSPS) is 14.9. The molecule has 1 aliphatic rings. The molecule has 1 aliphatic heterocycles. The van der Waals surface area contributed by atoms with Crippen LogP contribution in [0.15, 0.2) is 47.4 Å². The Morgan fingerprint density at radius 3 is 2.40 bits per heavy atom. The van der Waals surface area contributed by atoms with Crippen LogP contribution in [-0.2, 0) is 21.2 Å². The maximum Gasteiger partial charge on any atom is 0.243 e. The Balaban J connectivity index is 1.73. The summed E-state index contributed by atoms with van der Waals surface area (Å²) in [6, 6.07) is 12.0. The summed E-state index contributed by atoms with van der Waals surface area (Å²) in [4.78, 5) is 12.7. The molecule has 1 saturated heterocycles. The fourth-order valence-corrected chi connectivity index (χ4v) is 5.14. The van der Waals surface area contributed by atoms with Crippen molar-refractivity contribution in [2.45, 2.75) is 37.0 Å². The summed E-state index contributed by atoms with van der Waals surface area (Å²) in [5, 5.41) is 2.83. The lowest BCUT2D eigenvalue weighted by Gasteiger charge is -2.26. The van der Waals surface area contributed by atoms with Gasteiger partial charge in [-0.25, -0.2) is 8.42 Å². The van der Waals surface area contributed by atoms with Crippen molar-refractivity contribution in [1.82, 2.24) is 4.31 Å². The minimum Gasteiger partial charge on any atom is -0.496 e. The van der Waals surface area contributed by atoms with E-state index < -0.39 is 10.0 Å². The molecule has 2 aromatic carbocycles. The average Bonchev–Trinajstić information content (AvgIpc) is 2.78. The molecule has 30 heavy (non-hydrogen) atoms. The number of para-hydroxylation sites is 2. The Bertz CT molecular complexity index is 985. The molecule has 2 aromatic rings. The highest BCUT2D eigenvalue weighted by molar-refractivity contribution is 7.89. The molecule has 0 aromatic heterocycles. The van der Waals surface area contributed by atoms with E-state index in [9.17, 15) is 13.2 Å². The molecule has 0 aliphatic carbocycles. The number of nitrogens with one attached hydrogen (secondary N) is 1. The topological polar surface area (TPSA) is 84.9 Å². The Hall–Kier alpha value is -2.58. The molecule has 0 spiro atoms. The summed E-state index contributed by atoms with van der Waals surface area (Å²) in [6.45, 7) is 1.09. The number of amides is 1. The van der Waals surface area contributed by atoms with Gasteiger partial charge in [0.25, 0.3) is 0 Å². The standard InChI is InChI=1S/C22H28N2O5S/c1-28-20-12-11-18(30(26,27)24-14-6-3-7-15-24)16-17(20)10-13-22(25)23-19-8-4-5-9-21(19)29-2/h4-5,8-9,11-12,16H,3,6-7,10,13-15H2,1-2H3,(H,23,25). The highest BCUT2D eigenvalue weighted by Gasteiger charge is 2.26. The number of hydrogen-bond acceptors (Lipinski definition) is 5. The van der Waals surface area contributed by atoms with E-state index >= 15 is 0 Å². The molecule has 1 heterocycles. The Labute approximate surface area is 178 Å². The van der Waals surface area contributed by atoms with Crippen molar-refractivity contribution in [2.75, 3.05) is 32.6 Å². The first-order valence-electron chi connectivity index (χ1n) is 10.1. The van der Waals surface area contributed by atoms with E-state index in [1.54, 1.807) is 37.4 Å². The van der Waals surface area contributed by atoms with Crippen LogP contribution in [0.4, 0.5) is 5.69 Å². The SMILES string of the molecule is COc1ccc(S(=O)(=O)N2CCCCC2)cc1CCC(=O)Nc1ccccc1OC. The Morgan fingerprint density at radius 2 is 1.70 bits per heavy atom. The largest absolute Gasteiger partial charge is 0.496 e. The molecule has 1 fully saturated rings. The van der Waals surface area contributed by atoms with Gasteiger partial charge in [-0.3, -0.25) is 4.79 Å². The second-order valence-electron chi connectivity index (χ2n) is 7.19. The number of carbonyl (C=O) groups excluding carboxylic acids is 1. The van der Waals surface area contributed by atoms with Crippen LogP contribution >= 0.6 is 0 Å². The van der Waals surface area contributed by atoms with Crippen LogP contribution in [0.3, 0.4) is 0 Å². The van der Waals surface area contributed by atoms with Crippen LogP contribution in [0, 0.1) is 0 Å². The summed E-state index contributed by atoms with van der Waals surface area (Å²) in [5.74, 6) is 0.960. The van der Waals surface area contributed by atoms with E-state index in [0.29, 0.717) is 42.3 Å². The third-order valence-corrected chi connectivity index (χ3v) is 7.10. The van der Waals surface area contributed by atoms with Crippen LogP contribution in [0.1, 0.15) is 31.2 Å². The van der Waals surface area contributed by atoms with E-state index in [2.05, 4.69) is 5.32 Å². The van der Waals surface area contributed by atoms with Crippen LogP contribution in [-0.4, -0.2) is 45.9 Å². The van der Waals surface area contributed by atoms with Crippen molar-refractivity contribution >= 4 is 21.6 Å². The van der Waals surface area contributed by atoms with Gasteiger partial charge in [-0.2, -0.15) is 4.31 Å². The maximum atomic E-state index is 13.0. The number of carbonyl (C=O) groups is 1. The summed E-state index contributed by atoms with van der Waals surface area (Å²) in [5.41, 5.74) is 1.28. The fourth-order valence-electron chi connectivity index (χ4n) is 3.57. The van der Waals surface area contributed by atoms with E-state index in [0.717, 1.165) is 19.3 Å². The third-order valence-electron chi connectivity index (χ3n) is 5.21. The Morgan fingerprint density at radius 1 is 1.00 bits per heavy atom. The van der Waals surface area contributed by atoms with Crippen molar-refractivity contribution in [3.8, 4) is 11.5 Å². The van der Waals surface area contributed by atoms with Gasteiger partial charge in [-0.15, -0.1) is 0 Å². The van der Waals surface area contributed by atoms with Gasteiger partial charge in [-0.1, -0.05) is 18.6 Å². The van der Waals surface area contributed by atoms with Crippen LogP contribution in [0.25, 0.3) is 0 Å². The molecule has 1 N–H and O–H groups in total. The molecule has 0 radical (unpaired) electrons. The number of rotatable bonds is 8. The number of aryl methyl sites for hydroxylation is 1. The number of benzene rings is 2. The van der Waals surface area contributed by atoms with Crippen molar-refractivity contribution < 1.29 is 22.7 Å². The summed E-state index contributed by atoms with van der Waals surface area (Å²) < 4.78 is 38.1. The highest BCUT2D eigenvalue weighted by atomic mass is 32.2. The van der Waals surface area contributed by atoms with E-state index in [1.807, 2.05) is 12.1 Å². The third kappa shape index (κ3) is 5.12. The van der Waals surface area contributed by atoms with Crippen LogP contribution in [0.5, 0.6) is 11.5 Å². The molecule has 162 valence electrons. The van der Waals surface area contributed by atoms with Crippen molar-refractivity contribution in [2.24, 2.45) is 0 Å². The summed E-state index contributed by atoms with van der Waals surface area (Å²) in [6.07, 6.45) is 3.35. The monoisotopic (exact) mass is 432 g/mol. The first kappa shape index (κ1) is 22.1. The van der Waals surface area contributed by atoms with E-state index in [-0.39, 0.29) is 17.2 Å². The van der Waals surface area contributed by atoms with Crippen molar-refractivity contribution in [3.05, 3.63) is 48.0 Å². The fraction of sp³-hybridized carbons (Fsp3) is 0.409. The van der Waals surface area contributed by atoms with Crippen molar-refractivity contribution in [3.63, 3.8) is 0 Å². The predicted octanol–water partition coefficient (Wildman–Crippen LogP) is 3.45. The van der Waals surface area contributed by atoms with E-state index in [1.165, 1.54) is 11.4 Å². The molecular formula is C22H28N2O5S. The quantitative estimate of drug-likeness (QED) is 0.691. The zero-order valence-corrected chi connectivity index (χ0v) is 18.2. The number of piperidine rings is 1. The molecule has 0 unspecified atom stereocenters. The van der Waals surface area contributed by atoms with Gasteiger partial charge >= 0.3 is 0 Å². The van der Waals surface area contributed by atoms with Gasteiger partial charge in [0.1, 0.15) is 11.5 Å². The number of nitrogens with zero attached hydrogens (tertiary/aromatic N) is 1. The van der Waals surface area contributed by atoms with Gasteiger partial charge < -0.3 is 14.8 Å². The number of hydrogen-bond donors (Lipinski definition) is 1. The zero-order valence-electron chi connectivity index (χ0n) is 17.4. The van der Waals surface area contributed by atoms with E-state index in [4.69, 9.17) is 9.47 Å². The Kier molecular flexibility index (Phi) is 7.33. The first-order valence-corrected chi connectivity index (χ1v) is 11.5. The smallest absolute Gasteiger partial charge is 0.243 e. The molecule has 3 rings (SSSR count). The first-order chi connectivity index (χ1) is 14.5. The molecule has 1 amide bonds. The number of sulfonamides is 1. The van der Waals surface area contributed by atoms with Crippen LogP contribution in [0.2, 0.25) is 0 Å². The van der Waals surface area contributed by atoms with Gasteiger partial charge in [0, 0.05) is 19.5 Å². The van der Waals surface area contributed by atoms with Crippen LogP contribution < -0.4 is 14.8 Å². The van der Waals surface area contributed by atoms with Gasteiger partial charge in [0.15, 0.2) is 0 Å². The molecular weight excluding hydrogens is 404 g/mol. The predicted molar refractivity (Wildman–Crippen MR) is 116 cm³/mol. The number of anilines is 1. The molecule has 0 saturated carbocycles. The molecule has 0 atom stereocenters. The van der Waals surface area contributed by atoms with Crippen molar-refractivity contribution in [1.29, 1.82) is 0 Å². The maximum absolute atomic E-state index is 13.0. The van der Waals surface area contributed by atoms with Gasteiger partial charge in [0.2, 0.25) is 15.9 Å². The second kappa shape index (κ2) is 9.95. The molecule has 0 bridgehead atoms. The minimum absolute atomic E-state index is 0.182. The number of methoxy groups -OCH3 is 2. The highest BCUT2D eigenvalue weighted by Crippen LogP contribution is 2.28.